The van der Waals surface area contributed by atoms with Crippen LogP contribution in [0.3, 0.4) is 0 Å². The minimum Gasteiger partial charge on any atom is -0.318 e. The molecule has 3 rings (SSSR count). The lowest BCUT2D eigenvalue weighted by atomic mass is 10.1. The third kappa shape index (κ3) is 2.54. The number of hydrogen-bond donors (Lipinski definition) is 1. The SMILES string of the molecule is Cc1cc(C)nc(Sc2cc3c(cc2F)C(=O)C(=O)N3)c1. The van der Waals surface area contributed by atoms with Crippen molar-refractivity contribution in [1.29, 1.82) is 0 Å². The average Bonchev–Trinajstić information content (AvgIpc) is 2.65. The molecule has 0 spiro atoms. The van der Waals surface area contributed by atoms with Crippen molar-refractivity contribution in [3.8, 4) is 0 Å². The van der Waals surface area contributed by atoms with Gasteiger partial charge in [0.2, 0.25) is 0 Å². The van der Waals surface area contributed by atoms with Gasteiger partial charge in [0.1, 0.15) is 10.8 Å². The van der Waals surface area contributed by atoms with E-state index >= 15 is 0 Å². The van der Waals surface area contributed by atoms with Crippen LogP contribution in [0.25, 0.3) is 0 Å². The van der Waals surface area contributed by atoms with Crippen molar-refractivity contribution in [2.45, 2.75) is 23.8 Å². The Hall–Kier alpha value is -2.21. The number of carbonyl (C=O) groups is 2. The van der Waals surface area contributed by atoms with E-state index < -0.39 is 17.5 Å². The predicted molar refractivity (Wildman–Crippen MR) is 77.2 cm³/mol. The average molecular weight is 302 g/mol. The van der Waals surface area contributed by atoms with Crippen LogP contribution >= 0.6 is 11.8 Å². The van der Waals surface area contributed by atoms with Crippen LogP contribution in [-0.4, -0.2) is 16.7 Å². The van der Waals surface area contributed by atoms with Crippen molar-refractivity contribution >= 4 is 29.1 Å². The lowest BCUT2D eigenvalue weighted by Gasteiger charge is -2.07. The minimum absolute atomic E-state index is 0.0789. The molecule has 0 saturated carbocycles. The molecule has 1 amide bonds. The number of carbonyl (C=O) groups excluding carboxylic acids is 2. The van der Waals surface area contributed by atoms with Crippen LogP contribution in [0.1, 0.15) is 21.6 Å². The van der Waals surface area contributed by atoms with Crippen molar-refractivity contribution in [2.75, 3.05) is 5.32 Å². The molecular weight excluding hydrogens is 291 g/mol. The number of pyridine rings is 1. The molecule has 2 aromatic rings. The highest BCUT2D eigenvalue weighted by atomic mass is 32.2. The summed E-state index contributed by atoms with van der Waals surface area (Å²) in [6, 6.07) is 6.36. The number of halogens is 1. The zero-order valence-electron chi connectivity index (χ0n) is 11.4. The molecule has 1 N–H and O–H groups in total. The monoisotopic (exact) mass is 302 g/mol. The van der Waals surface area contributed by atoms with Crippen molar-refractivity contribution in [3.05, 3.63) is 46.9 Å². The number of aromatic nitrogens is 1. The van der Waals surface area contributed by atoms with E-state index in [1.807, 2.05) is 26.0 Å². The molecule has 1 aliphatic heterocycles. The Morgan fingerprint density at radius 3 is 2.62 bits per heavy atom. The number of amides is 1. The van der Waals surface area contributed by atoms with Crippen LogP contribution in [0.15, 0.2) is 34.2 Å². The third-order valence-corrected chi connectivity index (χ3v) is 4.01. The highest BCUT2D eigenvalue weighted by molar-refractivity contribution is 7.99. The summed E-state index contributed by atoms with van der Waals surface area (Å²) in [5, 5.41) is 3.10. The first-order valence-electron chi connectivity index (χ1n) is 6.26. The van der Waals surface area contributed by atoms with Crippen molar-refractivity contribution < 1.29 is 14.0 Å². The van der Waals surface area contributed by atoms with Gasteiger partial charge in [-0.3, -0.25) is 9.59 Å². The Labute approximate surface area is 124 Å². The Morgan fingerprint density at radius 1 is 1.14 bits per heavy atom. The lowest BCUT2D eigenvalue weighted by molar-refractivity contribution is -0.112. The summed E-state index contributed by atoms with van der Waals surface area (Å²) >= 11 is 1.16. The maximum absolute atomic E-state index is 14.1. The lowest BCUT2D eigenvalue weighted by Crippen LogP contribution is -2.12. The second-order valence-electron chi connectivity index (χ2n) is 4.84. The molecular formula is C15H11FN2O2S. The Kier molecular flexibility index (Phi) is 3.25. The second-order valence-corrected chi connectivity index (χ2v) is 5.90. The number of aryl methyl sites for hydroxylation is 2. The largest absolute Gasteiger partial charge is 0.318 e. The zero-order valence-corrected chi connectivity index (χ0v) is 12.2. The van der Waals surface area contributed by atoms with E-state index in [1.165, 1.54) is 6.07 Å². The van der Waals surface area contributed by atoms with Crippen molar-refractivity contribution in [3.63, 3.8) is 0 Å². The fourth-order valence-electron chi connectivity index (χ4n) is 2.19. The number of ketones is 1. The Morgan fingerprint density at radius 2 is 1.90 bits per heavy atom. The predicted octanol–water partition coefficient (Wildman–Crippen LogP) is 3.12. The molecule has 21 heavy (non-hydrogen) atoms. The summed E-state index contributed by atoms with van der Waals surface area (Å²) in [7, 11) is 0. The van der Waals surface area contributed by atoms with Crippen molar-refractivity contribution in [2.24, 2.45) is 0 Å². The van der Waals surface area contributed by atoms with Gasteiger partial charge in [0.15, 0.2) is 0 Å². The topological polar surface area (TPSA) is 59.1 Å². The summed E-state index contributed by atoms with van der Waals surface area (Å²) in [6.45, 7) is 3.81. The first-order chi connectivity index (χ1) is 9.94. The molecule has 0 unspecified atom stereocenters. The van der Waals surface area contributed by atoms with Gasteiger partial charge in [0, 0.05) is 5.69 Å². The van der Waals surface area contributed by atoms with E-state index in [4.69, 9.17) is 0 Å². The Bertz CT molecular complexity index is 769. The van der Waals surface area contributed by atoms with Gasteiger partial charge in [-0.1, -0.05) is 11.8 Å². The van der Waals surface area contributed by atoms with Gasteiger partial charge in [-0.25, -0.2) is 9.37 Å². The van der Waals surface area contributed by atoms with Crippen LogP contribution < -0.4 is 5.32 Å². The Balaban J connectivity index is 1.99. The van der Waals surface area contributed by atoms with E-state index in [-0.39, 0.29) is 5.56 Å². The van der Waals surface area contributed by atoms with Crippen LogP contribution in [0.5, 0.6) is 0 Å². The molecule has 4 nitrogen and oxygen atoms in total. The van der Waals surface area contributed by atoms with E-state index in [1.54, 1.807) is 0 Å². The number of hydrogen-bond acceptors (Lipinski definition) is 4. The van der Waals surface area contributed by atoms with Gasteiger partial charge in [-0.05, 0) is 43.7 Å². The minimum atomic E-state index is -0.726. The fourth-order valence-corrected chi connectivity index (χ4v) is 3.19. The molecule has 0 fully saturated rings. The second kappa shape index (κ2) is 4.96. The molecule has 0 radical (unpaired) electrons. The first-order valence-corrected chi connectivity index (χ1v) is 7.08. The molecule has 1 aliphatic rings. The number of rotatable bonds is 2. The van der Waals surface area contributed by atoms with E-state index in [0.29, 0.717) is 15.6 Å². The van der Waals surface area contributed by atoms with Crippen LogP contribution in [0.2, 0.25) is 0 Å². The van der Waals surface area contributed by atoms with Gasteiger partial charge in [0.25, 0.3) is 11.7 Å². The fraction of sp³-hybridized carbons (Fsp3) is 0.133. The standard InChI is InChI=1S/C15H11FN2O2S/c1-7-3-8(2)17-13(4-7)21-12-6-11-9(5-10(12)16)14(19)15(20)18-11/h3-6H,1-2H3,(H,18,19,20). The maximum Gasteiger partial charge on any atom is 0.296 e. The van der Waals surface area contributed by atoms with Gasteiger partial charge in [-0.2, -0.15) is 0 Å². The molecule has 1 aromatic carbocycles. The number of fused-ring (bicyclic) bond motifs is 1. The van der Waals surface area contributed by atoms with Crippen molar-refractivity contribution in [1.82, 2.24) is 4.98 Å². The van der Waals surface area contributed by atoms with Crippen LogP contribution in [0.4, 0.5) is 10.1 Å². The maximum atomic E-state index is 14.1. The molecule has 0 aliphatic carbocycles. The number of nitrogens with zero attached hydrogens (tertiary/aromatic N) is 1. The summed E-state index contributed by atoms with van der Waals surface area (Å²) in [5.74, 6) is -1.97. The molecule has 106 valence electrons. The van der Waals surface area contributed by atoms with E-state index in [0.717, 1.165) is 29.1 Å². The summed E-state index contributed by atoms with van der Waals surface area (Å²) < 4.78 is 14.1. The molecule has 0 bridgehead atoms. The number of nitrogens with one attached hydrogen (secondary N) is 1. The molecule has 0 atom stereocenters. The molecule has 1 aromatic heterocycles. The van der Waals surface area contributed by atoms with Gasteiger partial charge in [-0.15, -0.1) is 0 Å². The van der Waals surface area contributed by atoms with Gasteiger partial charge in [0.05, 0.1) is 16.1 Å². The number of anilines is 1. The molecule has 6 heteroatoms. The number of Topliss-reactive ketones (excluding diaryl/α,β-unsaturated/α-hetero) is 1. The summed E-state index contributed by atoms with van der Waals surface area (Å²) in [6.07, 6.45) is 0. The molecule has 2 heterocycles. The highest BCUT2D eigenvalue weighted by Gasteiger charge is 2.29. The molecule has 0 saturated heterocycles. The summed E-state index contributed by atoms with van der Waals surface area (Å²) in [4.78, 5) is 27.5. The normalized spacial score (nSPS) is 13.3. The zero-order chi connectivity index (χ0) is 15.1. The van der Waals surface area contributed by atoms with Gasteiger partial charge >= 0.3 is 0 Å². The van der Waals surface area contributed by atoms with E-state index in [2.05, 4.69) is 10.3 Å². The third-order valence-electron chi connectivity index (χ3n) is 3.06. The van der Waals surface area contributed by atoms with Crippen LogP contribution in [0, 0.1) is 19.7 Å². The smallest absolute Gasteiger partial charge is 0.296 e. The van der Waals surface area contributed by atoms with E-state index in [9.17, 15) is 14.0 Å². The summed E-state index contributed by atoms with van der Waals surface area (Å²) in [5.41, 5.74) is 2.31. The number of benzene rings is 1. The highest BCUT2D eigenvalue weighted by Crippen LogP contribution is 2.35. The van der Waals surface area contributed by atoms with Gasteiger partial charge < -0.3 is 5.32 Å². The quantitative estimate of drug-likeness (QED) is 0.866. The van der Waals surface area contributed by atoms with Crippen LogP contribution in [-0.2, 0) is 4.79 Å². The first kappa shape index (κ1) is 13.8.